The van der Waals surface area contributed by atoms with E-state index in [0.29, 0.717) is 28.9 Å². The Morgan fingerprint density at radius 1 is 1.19 bits per heavy atom. The van der Waals surface area contributed by atoms with Gasteiger partial charge >= 0.3 is 11.6 Å². The largest absolute Gasteiger partial charge is 0.482 e. The van der Waals surface area contributed by atoms with Gasteiger partial charge in [0.05, 0.1) is 6.26 Å². The van der Waals surface area contributed by atoms with E-state index in [1.165, 1.54) is 6.07 Å². The summed E-state index contributed by atoms with van der Waals surface area (Å²) >= 11 is 0. The average Bonchev–Trinajstić information content (AvgIpc) is 3.21. The predicted octanol–water partition coefficient (Wildman–Crippen LogP) is 4.13. The predicted molar refractivity (Wildman–Crippen MR) is 99.8 cm³/mol. The third kappa shape index (κ3) is 3.38. The monoisotopic (exact) mass is 366 g/mol. The minimum atomic E-state index is -0.449. The molecular weight excluding hydrogens is 348 g/mol. The molecule has 3 heterocycles. The highest BCUT2D eigenvalue weighted by Gasteiger charge is 2.22. The Kier molecular flexibility index (Phi) is 4.32. The van der Waals surface area contributed by atoms with Crippen molar-refractivity contribution in [3.05, 3.63) is 64.2 Å². The smallest absolute Gasteiger partial charge is 0.336 e. The molecule has 4 rings (SSSR count). The van der Waals surface area contributed by atoms with E-state index in [9.17, 15) is 9.59 Å². The zero-order valence-corrected chi connectivity index (χ0v) is 15.0. The van der Waals surface area contributed by atoms with E-state index in [1.807, 2.05) is 31.2 Å². The third-order valence-electron chi connectivity index (χ3n) is 4.48. The number of fused-ring (bicyclic) bond motifs is 2. The molecule has 0 bridgehead atoms. The topological polar surface area (TPSA) is 78.9 Å². The van der Waals surface area contributed by atoms with Crippen molar-refractivity contribution in [2.24, 2.45) is 0 Å². The number of esters is 1. The second-order valence-electron chi connectivity index (χ2n) is 6.58. The number of ether oxygens (including phenoxy) is 2. The van der Waals surface area contributed by atoms with E-state index in [1.54, 1.807) is 19.3 Å². The number of carbonyl (C=O) groups excluding carboxylic acids is 1. The van der Waals surface area contributed by atoms with Crippen molar-refractivity contribution in [2.45, 2.75) is 26.4 Å². The molecule has 0 spiro atoms. The van der Waals surface area contributed by atoms with Gasteiger partial charge in [0.2, 0.25) is 5.75 Å². The van der Waals surface area contributed by atoms with Crippen LogP contribution in [-0.2, 0) is 9.53 Å². The van der Waals surface area contributed by atoms with Crippen LogP contribution in [0.4, 0.5) is 0 Å². The van der Waals surface area contributed by atoms with E-state index >= 15 is 0 Å². The van der Waals surface area contributed by atoms with Crippen molar-refractivity contribution in [3.63, 3.8) is 0 Å². The van der Waals surface area contributed by atoms with Crippen molar-refractivity contribution in [1.82, 2.24) is 0 Å². The van der Waals surface area contributed by atoms with Gasteiger partial charge in [0, 0.05) is 28.8 Å². The van der Waals surface area contributed by atoms with Gasteiger partial charge in [0.15, 0.2) is 11.2 Å². The summed E-state index contributed by atoms with van der Waals surface area (Å²) in [4.78, 5) is 23.1. The van der Waals surface area contributed by atoms with Crippen molar-refractivity contribution < 1.29 is 23.1 Å². The van der Waals surface area contributed by atoms with Crippen LogP contribution < -0.4 is 10.4 Å². The Hall–Kier alpha value is -3.28. The van der Waals surface area contributed by atoms with Gasteiger partial charge in [0.25, 0.3) is 0 Å². The van der Waals surface area contributed by atoms with Gasteiger partial charge in [-0.05, 0) is 44.2 Å². The standard InChI is InChI=1S/C21H18O6/c1-12(9-16-10-13(2)21(23)26-16)5-7-25-20-18-15(6-8-24-18)11-14-3-4-17(22)27-19(14)20/h3-6,8,10-11,16H,7,9H2,1-2H3/b12-5+. The quantitative estimate of drug-likeness (QED) is 0.384. The molecule has 2 aromatic heterocycles. The fraction of sp³-hybridized carbons (Fsp3) is 0.238. The summed E-state index contributed by atoms with van der Waals surface area (Å²) in [7, 11) is 0. The zero-order valence-electron chi connectivity index (χ0n) is 15.0. The molecule has 0 N–H and O–H groups in total. The van der Waals surface area contributed by atoms with Crippen LogP contribution in [-0.4, -0.2) is 18.7 Å². The summed E-state index contributed by atoms with van der Waals surface area (Å²) in [6.45, 7) is 3.96. The highest BCUT2D eigenvalue weighted by atomic mass is 16.5. The summed E-state index contributed by atoms with van der Waals surface area (Å²) in [5.41, 5.74) is 2.10. The lowest BCUT2D eigenvalue weighted by Crippen LogP contribution is -2.08. The van der Waals surface area contributed by atoms with Gasteiger partial charge in [-0.25, -0.2) is 9.59 Å². The van der Waals surface area contributed by atoms with Gasteiger partial charge in [0.1, 0.15) is 12.7 Å². The maximum absolute atomic E-state index is 11.6. The SMILES string of the molecule is CC1=CC(C/C(C)=C/COc2c3occc3cc3ccc(=O)oc23)OC1=O. The number of hydrogen-bond donors (Lipinski definition) is 0. The number of carbonyl (C=O) groups is 1. The van der Waals surface area contributed by atoms with Crippen LogP contribution in [0.25, 0.3) is 21.9 Å². The molecule has 0 radical (unpaired) electrons. The molecule has 1 unspecified atom stereocenters. The van der Waals surface area contributed by atoms with Crippen molar-refractivity contribution >= 4 is 27.9 Å². The van der Waals surface area contributed by atoms with Crippen LogP contribution in [0.5, 0.6) is 5.75 Å². The van der Waals surface area contributed by atoms with E-state index in [4.69, 9.17) is 18.3 Å². The van der Waals surface area contributed by atoms with Crippen LogP contribution in [0.2, 0.25) is 0 Å². The first-order valence-corrected chi connectivity index (χ1v) is 8.63. The molecule has 0 saturated heterocycles. The van der Waals surface area contributed by atoms with Gasteiger partial charge in [-0.2, -0.15) is 0 Å². The van der Waals surface area contributed by atoms with Gasteiger partial charge < -0.3 is 18.3 Å². The third-order valence-corrected chi connectivity index (χ3v) is 4.48. The molecule has 27 heavy (non-hydrogen) atoms. The first-order chi connectivity index (χ1) is 13.0. The van der Waals surface area contributed by atoms with Gasteiger partial charge in [-0.3, -0.25) is 0 Å². The van der Waals surface area contributed by atoms with Crippen molar-refractivity contribution in [1.29, 1.82) is 0 Å². The maximum atomic E-state index is 11.6. The number of benzene rings is 1. The summed E-state index contributed by atoms with van der Waals surface area (Å²) in [6, 6.07) is 6.79. The normalized spacial score (nSPS) is 17.4. The van der Waals surface area contributed by atoms with Crippen LogP contribution in [0.3, 0.4) is 0 Å². The summed E-state index contributed by atoms with van der Waals surface area (Å²) in [5, 5.41) is 1.63. The molecule has 138 valence electrons. The molecule has 6 heteroatoms. The molecule has 1 atom stereocenters. The lowest BCUT2D eigenvalue weighted by Gasteiger charge is -2.10. The molecule has 0 saturated carbocycles. The van der Waals surface area contributed by atoms with Crippen LogP contribution in [0.1, 0.15) is 20.3 Å². The number of cyclic esters (lactones) is 1. The minimum Gasteiger partial charge on any atom is -0.482 e. The summed E-state index contributed by atoms with van der Waals surface area (Å²) in [5.74, 6) is 0.132. The molecule has 1 aliphatic rings. The minimum absolute atomic E-state index is 0.235. The first-order valence-electron chi connectivity index (χ1n) is 8.63. The van der Waals surface area contributed by atoms with E-state index in [-0.39, 0.29) is 18.7 Å². The number of rotatable bonds is 5. The molecule has 0 amide bonds. The fourth-order valence-corrected chi connectivity index (χ4v) is 3.12. The van der Waals surface area contributed by atoms with Crippen LogP contribution >= 0.6 is 0 Å². The Morgan fingerprint density at radius 2 is 2.00 bits per heavy atom. The molecule has 0 aliphatic carbocycles. The zero-order chi connectivity index (χ0) is 19.0. The molecular formula is C21H18O6. The lowest BCUT2D eigenvalue weighted by molar-refractivity contribution is -0.139. The van der Waals surface area contributed by atoms with E-state index in [2.05, 4.69) is 0 Å². The van der Waals surface area contributed by atoms with Crippen molar-refractivity contribution in [3.8, 4) is 5.75 Å². The van der Waals surface area contributed by atoms with Gasteiger partial charge in [-0.1, -0.05) is 5.57 Å². The Morgan fingerprint density at radius 3 is 2.78 bits per heavy atom. The summed E-state index contributed by atoms with van der Waals surface area (Å²) in [6.07, 6.45) is 5.67. The molecule has 3 aromatic rings. The molecule has 1 aromatic carbocycles. The van der Waals surface area contributed by atoms with Crippen LogP contribution in [0.15, 0.2) is 67.5 Å². The second-order valence-corrected chi connectivity index (χ2v) is 6.58. The Labute approximate surface area is 154 Å². The Balaban J connectivity index is 1.56. The lowest BCUT2D eigenvalue weighted by atomic mass is 10.1. The van der Waals surface area contributed by atoms with Crippen LogP contribution in [0, 0.1) is 0 Å². The maximum Gasteiger partial charge on any atom is 0.336 e. The van der Waals surface area contributed by atoms with E-state index < -0.39 is 5.63 Å². The Bertz CT molecular complexity index is 1140. The first kappa shape index (κ1) is 17.1. The number of furan rings is 1. The molecule has 6 nitrogen and oxygen atoms in total. The summed E-state index contributed by atoms with van der Waals surface area (Å²) < 4.78 is 22.0. The van der Waals surface area contributed by atoms with Crippen molar-refractivity contribution in [2.75, 3.05) is 6.61 Å². The molecule has 0 fully saturated rings. The fourth-order valence-electron chi connectivity index (χ4n) is 3.12. The second kappa shape index (κ2) is 6.79. The highest BCUT2D eigenvalue weighted by Crippen LogP contribution is 2.35. The van der Waals surface area contributed by atoms with Gasteiger partial charge in [-0.15, -0.1) is 0 Å². The van der Waals surface area contributed by atoms with E-state index in [0.717, 1.165) is 16.3 Å². The number of hydrogen-bond acceptors (Lipinski definition) is 6. The average molecular weight is 366 g/mol. The highest BCUT2D eigenvalue weighted by molar-refractivity contribution is 5.99. The molecule has 1 aliphatic heterocycles.